The molecular weight excluding hydrogens is 280 g/mol. The number of rotatable bonds is 2. The molecule has 0 N–H and O–H groups in total. The maximum Gasteiger partial charge on any atom is 0.185 e. The molecule has 0 saturated carbocycles. The van der Waals surface area contributed by atoms with E-state index in [2.05, 4.69) is 52.0 Å². The summed E-state index contributed by atoms with van der Waals surface area (Å²) >= 11 is 0. The van der Waals surface area contributed by atoms with Crippen LogP contribution in [0.3, 0.4) is 0 Å². The van der Waals surface area contributed by atoms with E-state index < -0.39 is 0 Å². The number of fused-ring (bicyclic) bond motifs is 1. The molecule has 0 aliphatic heterocycles. The molecule has 0 spiro atoms. The highest BCUT2D eigenvalue weighted by Crippen LogP contribution is 2.37. The molecule has 116 valence electrons. The van der Waals surface area contributed by atoms with Crippen LogP contribution in [0.25, 0.3) is 17.2 Å². The summed E-state index contributed by atoms with van der Waals surface area (Å²) in [5.41, 5.74) is 8.25. The van der Waals surface area contributed by atoms with Crippen LogP contribution in [0.15, 0.2) is 54.1 Å². The molecule has 23 heavy (non-hydrogen) atoms. The molecule has 0 fully saturated rings. The van der Waals surface area contributed by atoms with Crippen molar-refractivity contribution in [2.75, 3.05) is 0 Å². The molecule has 0 bridgehead atoms. The first kappa shape index (κ1) is 15.5. The average Bonchev–Trinajstić information content (AvgIpc) is 2.69. The molecular formula is C22H22O. The molecule has 0 heterocycles. The highest BCUT2D eigenvalue weighted by Gasteiger charge is 2.16. The van der Waals surface area contributed by atoms with Gasteiger partial charge < -0.3 is 0 Å². The minimum absolute atomic E-state index is 0.0698. The fraction of sp³-hybridized carbons (Fsp3) is 0.227. The Labute approximate surface area is 138 Å². The van der Waals surface area contributed by atoms with Gasteiger partial charge >= 0.3 is 0 Å². The average molecular weight is 302 g/mol. The molecule has 0 saturated heterocycles. The fourth-order valence-corrected chi connectivity index (χ4v) is 3.12. The molecule has 1 nitrogen and oxygen atoms in total. The SMILES string of the molecule is Cc1cc(C=C2C=CC=CC2=O)c2c(C)ccc(C(C)C)cc1-2. The van der Waals surface area contributed by atoms with E-state index >= 15 is 0 Å². The number of aryl methyl sites for hydroxylation is 2. The van der Waals surface area contributed by atoms with Crippen LogP contribution in [-0.4, -0.2) is 5.78 Å². The summed E-state index contributed by atoms with van der Waals surface area (Å²) in [6.45, 7) is 8.73. The number of allylic oxidation sites excluding steroid dienone is 5. The van der Waals surface area contributed by atoms with Gasteiger partial charge in [0.2, 0.25) is 0 Å². The van der Waals surface area contributed by atoms with Crippen molar-refractivity contribution in [2.45, 2.75) is 33.6 Å². The zero-order valence-corrected chi connectivity index (χ0v) is 14.2. The standard InChI is InChI=1S/C22H22O/c1-14(2)17-10-9-15(3)22-19(11-16(4)20(22)13-17)12-18-7-5-6-8-21(18)23/h5-14H,1-4H3. The van der Waals surface area contributed by atoms with Gasteiger partial charge in [-0.05, 0) is 65.3 Å². The Morgan fingerprint density at radius 2 is 1.70 bits per heavy atom. The Kier molecular flexibility index (Phi) is 4.04. The van der Waals surface area contributed by atoms with Crippen molar-refractivity contribution < 1.29 is 4.79 Å². The third-order valence-electron chi connectivity index (χ3n) is 4.48. The largest absolute Gasteiger partial charge is 0.289 e. The number of ketones is 1. The predicted molar refractivity (Wildman–Crippen MR) is 97.9 cm³/mol. The molecule has 0 aromatic heterocycles. The molecule has 3 aliphatic rings. The second-order valence-electron chi connectivity index (χ2n) is 6.57. The van der Waals surface area contributed by atoms with Gasteiger partial charge in [-0.2, -0.15) is 0 Å². The van der Waals surface area contributed by atoms with Gasteiger partial charge in [-0.25, -0.2) is 0 Å². The third kappa shape index (κ3) is 2.92. The zero-order chi connectivity index (χ0) is 16.6. The van der Waals surface area contributed by atoms with Gasteiger partial charge in [0, 0.05) is 5.57 Å². The van der Waals surface area contributed by atoms with Crippen LogP contribution < -0.4 is 0 Å². The minimum atomic E-state index is 0.0698. The van der Waals surface area contributed by atoms with Crippen LogP contribution in [0.4, 0.5) is 0 Å². The first-order valence-electron chi connectivity index (χ1n) is 8.12. The van der Waals surface area contributed by atoms with Gasteiger partial charge in [0.1, 0.15) is 0 Å². The van der Waals surface area contributed by atoms with E-state index in [1.165, 1.54) is 27.8 Å². The van der Waals surface area contributed by atoms with Gasteiger partial charge in [0.25, 0.3) is 0 Å². The fourth-order valence-electron chi connectivity index (χ4n) is 3.12. The maximum atomic E-state index is 12.0. The molecule has 0 unspecified atom stereocenters. The van der Waals surface area contributed by atoms with E-state index in [0.29, 0.717) is 5.92 Å². The van der Waals surface area contributed by atoms with Gasteiger partial charge in [-0.1, -0.05) is 56.3 Å². The van der Waals surface area contributed by atoms with Crippen molar-refractivity contribution in [1.29, 1.82) is 0 Å². The van der Waals surface area contributed by atoms with E-state index in [9.17, 15) is 4.79 Å². The van der Waals surface area contributed by atoms with Gasteiger partial charge in [0.15, 0.2) is 5.78 Å². The summed E-state index contributed by atoms with van der Waals surface area (Å²) in [6.07, 6.45) is 9.21. The lowest BCUT2D eigenvalue weighted by molar-refractivity contribution is -0.111. The topological polar surface area (TPSA) is 17.1 Å². The second kappa shape index (κ2) is 6.00. The zero-order valence-electron chi connectivity index (χ0n) is 14.2. The predicted octanol–water partition coefficient (Wildman–Crippen LogP) is 5.61. The van der Waals surface area contributed by atoms with E-state index in [0.717, 1.165) is 11.1 Å². The van der Waals surface area contributed by atoms with Gasteiger partial charge in [-0.15, -0.1) is 0 Å². The molecule has 0 atom stereocenters. The number of carbonyl (C=O) groups is 1. The lowest BCUT2D eigenvalue weighted by Gasteiger charge is -2.05. The quantitative estimate of drug-likeness (QED) is 0.659. The van der Waals surface area contributed by atoms with E-state index in [-0.39, 0.29) is 5.78 Å². The van der Waals surface area contributed by atoms with Crippen LogP contribution in [0.1, 0.15) is 42.0 Å². The van der Waals surface area contributed by atoms with E-state index in [1.54, 1.807) is 12.2 Å². The van der Waals surface area contributed by atoms with Gasteiger partial charge in [-0.3, -0.25) is 4.79 Å². The van der Waals surface area contributed by atoms with Crippen molar-refractivity contribution in [2.24, 2.45) is 0 Å². The Balaban J connectivity index is 2.19. The van der Waals surface area contributed by atoms with Crippen LogP contribution >= 0.6 is 0 Å². The van der Waals surface area contributed by atoms with Crippen LogP contribution in [-0.2, 0) is 4.79 Å². The molecule has 3 rings (SSSR count). The molecule has 0 aromatic carbocycles. The Hall–Kier alpha value is -2.41. The lowest BCUT2D eigenvalue weighted by atomic mass is 9.98. The lowest BCUT2D eigenvalue weighted by Crippen LogP contribution is -1.98. The summed E-state index contributed by atoms with van der Waals surface area (Å²) in [7, 11) is 0. The van der Waals surface area contributed by atoms with Gasteiger partial charge in [0.05, 0.1) is 0 Å². The number of hydrogen-bond acceptors (Lipinski definition) is 1. The normalized spacial score (nSPS) is 16.0. The first-order valence-corrected chi connectivity index (χ1v) is 8.12. The molecule has 1 heteroatoms. The molecule has 0 amide bonds. The van der Waals surface area contributed by atoms with Crippen molar-refractivity contribution in [1.82, 2.24) is 0 Å². The third-order valence-corrected chi connectivity index (χ3v) is 4.48. The Morgan fingerprint density at radius 1 is 0.957 bits per heavy atom. The highest BCUT2D eigenvalue weighted by molar-refractivity contribution is 6.11. The summed E-state index contributed by atoms with van der Waals surface area (Å²) in [5, 5.41) is 0. The summed E-state index contributed by atoms with van der Waals surface area (Å²) < 4.78 is 0. The van der Waals surface area contributed by atoms with Crippen LogP contribution in [0, 0.1) is 13.8 Å². The van der Waals surface area contributed by atoms with Crippen molar-refractivity contribution in [3.63, 3.8) is 0 Å². The summed E-state index contributed by atoms with van der Waals surface area (Å²) in [6, 6.07) is 8.89. The van der Waals surface area contributed by atoms with E-state index in [4.69, 9.17) is 0 Å². The monoisotopic (exact) mass is 302 g/mol. The molecule has 0 aromatic rings. The molecule has 3 aliphatic carbocycles. The molecule has 0 radical (unpaired) electrons. The maximum absolute atomic E-state index is 12.0. The van der Waals surface area contributed by atoms with Crippen molar-refractivity contribution in [3.8, 4) is 11.1 Å². The first-order chi connectivity index (χ1) is 11.0. The Morgan fingerprint density at radius 3 is 2.39 bits per heavy atom. The smallest absolute Gasteiger partial charge is 0.185 e. The van der Waals surface area contributed by atoms with Crippen molar-refractivity contribution in [3.05, 3.63) is 76.4 Å². The van der Waals surface area contributed by atoms with Crippen LogP contribution in [0.2, 0.25) is 0 Å². The minimum Gasteiger partial charge on any atom is -0.289 e. The van der Waals surface area contributed by atoms with Crippen molar-refractivity contribution >= 4 is 11.9 Å². The Bertz CT molecular complexity index is 831. The summed E-state index contributed by atoms with van der Waals surface area (Å²) in [5.74, 6) is 0.564. The summed E-state index contributed by atoms with van der Waals surface area (Å²) in [4.78, 5) is 12.0. The van der Waals surface area contributed by atoms with E-state index in [1.807, 2.05) is 18.2 Å². The second-order valence-corrected chi connectivity index (χ2v) is 6.57. The highest BCUT2D eigenvalue weighted by atomic mass is 16.1. The number of carbonyl (C=O) groups excluding carboxylic acids is 1. The number of hydrogen-bond donors (Lipinski definition) is 0. The van der Waals surface area contributed by atoms with Crippen LogP contribution in [0.5, 0.6) is 0 Å².